The van der Waals surface area contributed by atoms with Crippen molar-refractivity contribution in [3.8, 4) is 6.07 Å². The van der Waals surface area contributed by atoms with Crippen LogP contribution in [0.1, 0.15) is 32.6 Å². The number of nitriles is 1. The van der Waals surface area contributed by atoms with E-state index < -0.39 is 0 Å². The highest BCUT2D eigenvalue weighted by atomic mass is 15.2. The van der Waals surface area contributed by atoms with Gasteiger partial charge in [0.1, 0.15) is 5.54 Å². The first kappa shape index (κ1) is 15.4. The van der Waals surface area contributed by atoms with E-state index in [1.807, 2.05) is 14.0 Å². The van der Waals surface area contributed by atoms with E-state index in [0.29, 0.717) is 0 Å². The summed E-state index contributed by atoms with van der Waals surface area (Å²) < 4.78 is 0. The van der Waals surface area contributed by atoms with Gasteiger partial charge in [0.05, 0.1) is 6.07 Å². The van der Waals surface area contributed by atoms with E-state index in [2.05, 4.69) is 35.3 Å². The minimum atomic E-state index is -0.350. The molecule has 0 aliphatic carbocycles. The molecule has 0 radical (unpaired) electrons. The minimum absolute atomic E-state index is 0.350. The maximum Gasteiger partial charge on any atom is 0.103 e. The molecule has 0 amide bonds. The molecule has 1 saturated heterocycles. The molecule has 1 aliphatic heterocycles. The van der Waals surface area contributed by atoms with Gasteiger partial charge in [-0.3, -0.25) is 0 Å². The van der Waals surface area contributed by atoms with Crippen LogP contribution < -0.4 is 5.32 Å². The Balaban J connectivity index is 2.15. The van der Waals surface area contributed by atoms with E-state index in [4.69, 9.17) is 5.26 Å². The normalized spacial score (nSPS) is 24.1. The van der Waals surface area contributed by atoms with Crippen LogP contribution in [0.4, 0.5) is 0 Å². The fraction of sp³-hybridized carbons (Fsp3) is 0.929. The lowest BCUT2D eigenvalue weighted by molar-refractivity contribution is 0.263. The van der Waals surface area contributed by atoms with Gasteiger partial charge in [0.15, 0.2) is 0 Å². The quantitative estimate of drug-likeness (QED) is 0.693. The summed E-state index contributed by atoms with van der Waals surface area (Å²) in [5.41, 5.74) is -0.350. The molecule has 18 heavy (non-hydrogen) atoms. The molecule has 104 valence electrons. The maximum atomic E-state index is 9.06. The minimum Gasteiger partial charge on any atom is -0.305 e. The van der Waals surface area contributed by atoms with Crippen molar-refractivity contribution in [3.63, 3.8) is 0 Å². The van der Waals surface area contributed by atoms with Crippen LogP contribution in [0.5, 0.6) is 0 Å². The monoisotopic (exact) mass is 252 g/mol. The molecular formula is C14H28N4. The Morgan fingerprint density at radius 3 is 2.67 bits per heavy atom. The van der Waals surface area contributed by atoms with Gasteiger partial charge in [-0.15, -0.1) is 0 Å². The van der Waals surface area contributed by atoms with Crippen molar-refractivity contribution in [3.05, 3.63) is 0 Å². The van der Waals surface area contributed by atoms with Crippen LogP contribution in [0.2, 0.25) is 0 Å². The van der Waals surface area contributed by atoms with E-state index >= 15 is 0 Å². The molecule has 2 atom stereocenters. The first-order chi connectivity index (χ1) is 8.50. The molecule has 4 nitrogen and oxygen atoms in total. The largest absolute Gasteiger partial charge is 0.305 e. The first-order valence-electron chi connectivity index (χ1n) is 6.99. The fourth-order valence-electron chi connectivity index (χ4n) is 2.49. The Kier molecular flexibility index (Phi) is 6.07. The lowest BCUT2D eigenvalue weighted by atomic mass is 9.97. The molecule has 0 bridgehead atoms. The van der Waals surface area contributed by atoms with Gasteiger partial charge >= 0.3 is 0 Å². The summed E-state index contributed by atoms with van der Waals surface area (Å²) >= 11 is 0. The number of nitrogens with one attached hydrogen (secondary N) is 1. The van der Waals surface area contributed by atoms with Crippen molar-refractivity contribution < 1.29 is 0 Å². The number of likely N-dealkylation sites (N-methyl/N-ethyl adjacent to an activating group) is 1. The van der Waals surface area contributed by atoms with E-state index in [-0.39, 0.29) is 5.54 Å². The topological polar surface area (TPSA) is 42.3 Å². The summed E-state index contributed by atoms with van der Waals surface area (Å²) in [4.78, 5) is 4.88. The highest BCUT2D eigenvalue weighted by Crippen LogP contribution is 2.16. The molecular weight excluding hydrogens is 224 g/mol. The Morgan fingerprint density at radius 2 is 2.17 bits per heavy atom. The van der Waals surface area contributed by atoms with Gasteiger partial charge in [-0.25, -0.2) is 0 Å². The van der Waals surface area contributed by atoms with Crippen LogP contribution in [0.15, 0.2) is 0 Å². The van der Waals surface area contributed by atoms with Crippen molar-refractivity contribution in [2.75, 3.05) is 40.8 Å². The molecule has 0 aromatic rings. The first-order valence-corrected chi connectivity index (χ1v) is 6.99. The van der Waals surface area contributed by atoms with Crippen molar-refractivity contribution >= 4 is 0 Å². The van der Waals surface area contributed by atoms with E-state index in [1.54, 1.807) is 0 Å². The van der Waals surface area contributed by atoms with Crippen LogP contribution in [0, 0.1) is 11.3 Å². The fourth-order valence-corrected chi connectivity index (χ4v) is 2.49. The highest BCUT2D eigenvalue weighted by molar-refractivity contribution is 5.02. The van der Waals surface area contributed by atoms with Gasteiger partial charge in [-0.2, -0.15) is 5.26 Å². The molecule has 1 rings (SSSR count). The molecule has 1 N–H and O–H groups in total. The Hall–Kier alpha value is -0.630. The number of hydrogen-bond acceptors (Lipinski definition) is 4. The van der Waals surface area contributed by atoms with Gasteiger partial charge in [-0.05, 0) is 66.8 Å². The summed E-state index contributed by atoms with van der Waals surface area (Å²) in [6.45, 7) is 5.58. The second-order valence-corrected chi connectivity index (χ2v) is 5.86. The standard InChI is InChI=1S/C14H28N4/c1-14(12-15,16-2)8-5-6-9-18-10-7-13(11-18)17(3)4/h13,16H,5-11H2,1-4H3. The number of likely N-dealkylation sites (tertiary alicyclic amines) is 1. The zero-order valence-electron chi connectivity index (χ0n) is 12.4. The van der Waals surface area contributed by atoms with Crippen molar-refractivity contribution in [2.45, 2.75) is 44.2 Å². The maximum absolute atomic E-state index is 9.06. The molecule has 2 unspecified atom stereocenters. The SMILES string of the molecule is CNC(C)(C#N)CCCCN1CCC(N(C)C)C1. The molecule has 0 aromatic carbocycles. The average molecular weight is 252 g/mol. The van der Waals surface area contributed by atoms with Crippen molar-refractivity contribution in [1.29, 1.82) is 5.26 Å². The molecule has 1 heterocycles. The third kappa shape index (κ3) is 4.56. The van der Waals surface area contributed by atoms with Crippen molar-refractivity contribution in [2.24, 2.45) is 0 Å². The third-order valence-corrected chi connectivity index (χ3v) is 4.18. The molecule has 0 aromatic heterocycles. The Morgan fingerprint density at radius 1 is 1.44 bits per heavy atom. The van der Waals surface area contributed by atoms with Gasteiger partial charge < -0.3 is 15.1 Å². The number of nitrogens with zero attached hydrogens (tertiary/aromatic N) is 3. The van der Waals surface area contributed by atoms with E-state index in [1.165, 1.54) is 32.5 Å². The summed E-state index contributed by atoms with van der Waals surface area (Å²) in [5, 5.41) is 12.2. The number of unbranched alkanes of at least 4 members (excludes halogenated alkanes) is 1. The van der Waals surface area contributed by atoms with Crippen LogP contribution in [0.25, 0.3) is 0 Å². The zero-order valence-corrected chi connectivity index (χ0v) is 12.4. The Bertz CT molecular complexity index is 284. The van der Waals surface area contributed by atoms with Crippen LogP contribution in [0.3, 0.4) is 0 Å². The summed E-state index contributed by atoms with van der Waals surface area (Å²) in [7, 11) is 6.20. The zero-order chi connectivity index (χ0) is 13.6. The van der Waals surface area contributed by atoms with Crippen molar-refractivity contribution in [1.82, 2.24) is 15.1 Å². The van der Waals surface area contributed by atoms with Gasteiger partial charge in [0, 0.05) is 12.6 Å². The second kappa shape index (κ2) is 7.08. The predicted molar refractivity (Wildman–Crippen MR) is 75.5 cm³/mol. The lowest BCUT2D eigenvalue weighted by Gasteiger charge is -2.22. The lowest BCUT2D eigenvalue weighted by Crippen LogP contribution is -2.38. The average Bonchev–Trinajstić information content (AvgIpc) is 2.83. The summed E-state index contributed by atoms with van der Waals surface area (Å²) in [5.74, 6) is 0. The number of rotatable bonds is 7. The number of hydrogen-bond donors (Lipinski definition) is 1. The smallest absolute Gasteiger partial charge is 0.103 e. The van der Waals surface area contributed by atoms with Gasteiger partial charge in [0.2, 0.25) is 0 Å². The summed E-state index contributed by atoms with van der Waals surface area (Å²) in [6, 6.07) is 3.08. The Labute approximate surface area is 112 Å². The van der Waals surface area contributed by atoms with E-state index in [9.17, 15) is 0 Å². The van der Waals surface area contributed by atoms with Gasteiger partial charge in [0.25, 0.3) is 0 Å². The molecule has 0 saturated carbocycles. The van der Waals surface area contributed by atoms with E-state index in [0.717, 1.165) is 18.9 Å². The predicted octanol–water partition coefficient (Wildman–Crippen LogP) is 1.29. The van der Waals surface area contributed by atoms with Gasteiger partial charge in [-0.1, -0.05) is 0 Å². The molecule has 0 spiro atoms. The third-order valence-electron chi connectivity index (χ3n) is 4.18. The highest BCUT2D eigenvalue weighted by Gasteiger charge is 2.24. The van der Waals surface area contributed by atoms with Crippen LogP contribution in [-0.4, -0.2) is 62.2 Å². The van der Waals surface area contributed by atoms with Crippen LogP contribution >= 0.6 is 0 Å². The second-order valence-electron chi connectivity index (χ2n) is 5.86. The molecule has 1 aliphatic rings. The molecule has 4 heteroatoms. The molecule has 1 fully saturated rings. The summed E-state index contributed by atoms with van der Waals surface area (Å²) in [6.07, 6.45) is 4.54. The van der Waals surface area contributed by atoms with Crippen LogP contribution in [-0.2, 0) is 0 Å².